The minimum atomic E-state index is -0.0912. The molecule has 0 radical (unpaired) electrons. The highest BCUT2D eigenvalue weighted by molar-refractivity contribution is 6.31. The Kier molecular flexibility index (Phi) is 5.76. The van der Waals surface area contributed by atoms with Gasteiger partial charge in [0.05, 0.1) is 18.4 Å². The Bertz CT molecular complexity index is 1020. The van der Waals surface area contributed by atoms with E-state index in [1.165, 1.54) is 0 Å². The first-order chi connectivity index (χ1) is 14.1. The van der Waals surface area contributed by atoms with Crippen LogP contribution in [0.15, 0.2) is 55.0 Å². The first-order valence-electron chi connectivity index (χ1n) is 9.67. The smallest absolute Gasteiger partial charge is 0.220 e. The Morgan fingerprint density at radius 2 is 2.14 bits per heavy atom. The highest BCUT2D eigenvalue weighted by Crippen LogP contribution is 2.38. The van der Waals surface area contributed by atoms with Crippen LogP contribution >= 0.6 is 11.6 Å². The van der Waals surface area contributed by atoms with Crippen LogP contribution in [0.2, 0.25) is 5.02 Å². The van der Waals surface area contributed by atoms with Gasteiger partial charge in [0.15, 0.2) is 0 Å². The van der Waals surface area contributed by atoms with Crippen molar-refractivity contribution in [2.45, 2.75) is 32.3 Å². The number of carbonyl (C=O) groups excluding carboxylic acids is 1. The summed E-state index contributed by atoms with van der Waals surface area (Å²) in [6.07, 6.45) is 6.75. The quantitative estimate of drug-likeness (QED) is 0.666. The van der Waals surface area contributed by atoms with Gasteiger partial charge in [-0.05, 0) is 42.2 Å². The second-order valence-electron chi connectivity index (χ2n) is 7.23. The summed E-state index contributed by atoms with van der Waals surface area (Å²) < 4.78 is 6.18. The lowest BCUT2D eigenvalue weighted by molar-refractivity contribution is -0.121. The lowest BCUT2D eigenvalue weighted by Gasteiger charge is -2.14. The second-order valence-corrected chi connectivity index (χ2v) is 7.64. The van der Waals surface area contributed by atoms with Crippen LogP contribution < -0.4 is 10.1 Å². The molecule has 1 aliphatic rings. The third-order valence-electron chi connectivity index (χ3n) is 4.99. The van der Waals surface area contributed by atoms with E-state index in [2.05, 4.69) is 34.3 Å². The number of hydrogen-bond donors (Lipinski definition) is 1. The van der Waals surface area contributed by atoms with E-state index >= 15 is 0 Å². The monoisotopic (exact) mass is 407 g/mol. The molecule has 4 rings (SSSR count). The molecule has 5 nitrogen and oxygen atoms in total. The van der Waals surface area contributed by atoms with Gasteiger partial charge in [-0.3, -0.25) is 14.8 Å². The lowest BCUT2D eigenvalue weighted by Crippen LogP contribution is -2.34. The molecule has 0 fully saturated rings. The number of hydrogen-bond acceptors (Lipinski definition) is 4. The fraction of sp³-hybridized carbons (Fsp3) is 0.261. The fourth-order valence-electron chi connectivity index (χ4n) is 3.60. The Morgan fingerprint density at radius 1 is 1.28 bits per heavy atom. The van der Waals surface area contributed by atoms with Gasteiger partial charge in [0.2, 0.25) is 5.91 Å². The minimum Gasteiger partial charge on any atom is -0.487 e. The molecule has 0 aliphatic carbocycles. The molecule has 1 unspecified atom stereocenters. The number of rotatable bonds is 6. The maximum Gasteiger partial charge on any atom is 0.220 e. The number of fused-ring (bicyclic) bond motifs is 1. The number of benzene rings is 2. The van der Waals surface area contributed by atoms with Crippen LogP contribution in [-0.4, -0.2) is 28.5 Å². The Hall–Kier alpha value is -2.92. The number of carbonyl (C=O) groups is 1. The molecule has 29 heavy (non-hydrogen) atoms. The molecule has 2 aromatic carbocycles. The summed E-state index contributed by atoms with van der Waals surface area (Å²) in [6.45, 7) is 2.53. The van der Waals surface area contributed by atoms with Crippen molar-refractivity contribution in [1.82, 2.24) is 15.3 Å². The molecular formula is C23H22ClN3O2. The Labute approximate surface area is 175 Å². The molecule has 0 saturated carbocycles. The summed E-state index contributed by atoms with van der Waals surface area (Å²) in [5, 5.41) is 3.68. The van der Waals surface area contributed by atoms with Gasteiger partial charge >= 0.3 is 0 Å². The third-order valence-corrected chi connectivity index (χ3v) is 5.36. The van der Waals surface area contributed by atoms with E-state index in [1.807, 2.05) is 24.3 Å². The van der Waals surface area contributed by atoms with E-state index in [4.69, 9.17) is 16.3 Å². The molecule has 0 saturated heterocycles. The molecule has 0 spiro atoms. The lowest BCUT2D eigenvalue weighted by atomic mass is 10.0. The molecule has 148 valence electrons. The highest BCUT2D eigenvalue weighted by atomic mass is 35.5. The van der Waals surface area contributed by atoms with Crippen molar-refractivity contribution in [3.63, 3.8) is 0 Å². The largest absolute Gasteiger partial charge is 0.487 e. The van der Waals surface area contributed by atoms with Crippen LogP contribution in [0.25, 0.3) is 11.3 Å². The van der Waals surface area contributed by atoms with Gasteiger partial charge in [-0.1, -0.05) is 35.9 Å². The van der Waals surface area contributed by atoms with Gasteiger partial charge in [-0.25, -0.2) is 0 Å². The van der Waals surface area contributed by atoms with Crippen molar-refractivity contribution < 1.29 is 9.53 Å². The van der Waals surface area contributed by atoms with E-state index < -0.39 is 0 Å². The van der Waals surface area contributed by atoms with Gasteiger partial charge < -0.3 is 10.1 Å². The SMILES string of the molecule is Cc1cc2c(c(-c3cnccn3)c1)OC(CNC(=O)CCc1ccccc1Cl)C2. The standard InChI is InChI=1S/C23H22ClN3O2/c1-15-10-17-12-18(29-23(17)19(11-15)21-14-25-8-9-26-21)13-27-22(28)7-6-16-4-2-3-5-20(16)24/h2-5,8-11,14,18H,6-7,12-13H2,1H3,(H,27,28). The summed E-state index contributed by atoms with van der Waals surface area (Å²) in [7, 11) is 0. The maximum atomic E-state index is 12.3. The minimum absolute atomic E-state index is 0.00481. The number of nitrogens with zero attached hydrogens (tertiary/aromatic N) is 2. The second kappa shape index (κ2) is 8.62. The predicted octanol–water partition coefficient (Wildman–Crippen LogP) is 4.16. The first kappa shape index (κ1) is 19.4. The maximum absolute atomic E-state index is 12.3. The van der Waals surface area contributed by atoms with E-state index in [0.717, 1.165) is 40.1 Å². The van der Waals surface area contributed by atoms with Gasteiger partial charge in [-0.2, -0.15) is 0 Å². The normalized spacial score (nSPS) is 14.9. The van der Waals surface area contributed by atoms with Crippen molar-refractivity contribution >= 4 is 17.5 Å². The number of ether oxygens (including phenoxy) is 1. The summed E-state index contributed by atoms with van der Waals surface area (Å²) in [6, 6.07) is 11.8. The van der Waals surface area contributed by atoms with Crippen LogP contribution in [-0.2, 0) is 17.6 Å². The molecule has 1 atom stereocenters. The van der Waals surface area contributed by atoms with E-state index in [1.54, 1.807) is 18.6 Å². The molecular weight excluding hydrogens is 386 g/mol. The van der Waals surface area contributed by atoms with Crippen LogP contribution in [0.5, 0.6) is 5.75 Å². The summed E-state index contributed by atoms with van der Waals surface area (Å²) in [5.74, 6) is 0.834. The molecule has 2 heterocycles. The van der Waals surface area contributed by atoms with Crippen LogP contribution in [0, 0.1) is 6.92 Å². The first-order valence-corrected chi connectivity index (χ1v) is 10.0. The van der Waals surface area contributed by atoms with Gasteiger partial charge in [0, 0.05) is 35.8 Å². The molecule has 3 aromatic rings. The van der Waals surface area contributed by atoms with E-state index in [-0.39, 0.29) is 12.0 Å². The number of aryl methyl sites for hydroxylation is 2. The average Bonchev–Trinajstić information content (AvgIpc) is 3.14. The zero-order valence-electron chi connectivity index (χ0n) is 16.2. The number of nitrogens with one attached hydrogen (secondary N) is 1. The Balaban J connectivity index is 1.36. The van der Waals surface area contributed by atoms with Gasteiger partial charge in [0.1, 0.15) is 11.9 Å². The van der Waals surface area contributed by atoms with E-state index in [0.29, 0.717) is 24.4 Å². The third kappa shape index (κ3) is 4.57. The zero-order chi connectivity index (χ0) is 20.2. The summed E-state index contributed by atoms with van der Waals surface area (Å²) >= 11 is 6.16. The number of halogens is 1. The van der Waals surface area contributed by atoms with Crippen molar-refractivity contribution in [2.24, 2.45) is 0 Å². The van der Waals surface area contributed by atoms with Gasteiger partial charge in [-0.15, -0.1) is 0 Å². The van der Waals surface area contributed by atoms with Crippen molar-refractivity contribution in [3.8, 4) is 17.0 Å². The van der Waals surface area contributed by atoms with Crippen molar-refractivity contribution in [2.75, 3.05) is 6.54 Å². The van der Waals surface area contributed by atoms with Crippen molar-refractivity contribution in [1.29, 1.82) is 0 Å². The van der Waals surface area contributed by atoms with Crippen molar-refractivity contribution in [3.05, 3.63) is 76.7 Å². The molecule has 1 aromatic heterocycles. The average molecular weight is 408 g/mol. The topological polar surface area (TPSA) is 64.1 Å². The van der Waals surface area contributed by atoms with Crippen LogP contribution in [0.3, 0.4) is 0 Å². The fourth-order valence-corrected chi connectivity index (χ4v) is 3.83. The summed E-state index contributed by atoms with van der Waals surface area (Å²) in [4.78, 5) is 20.8. The van der Waals surface area contributed by atoms with Gasteiger partial charge in [0.25, 0.3) is 0 Å². The van der Waals surface area contributed by atoms with Crippen LogP contribution in [0.4, 0.5) is 0 Å². The summed E-state index contributed by atoms with van der Waals surface area (Å²) in [5.41, 5.74) is 5.01. The molecule has 1 aliphatic heterocycles. The Morgan fingerprint density at radius 3 is 2.93 bits per heavy atom. The number of amides is 1. The predicted molar refractivity (Wildman–Crippen MR) is 113 cm³/mol. The number of aromatic nitrogens is 2. The van der Waals surface area contributed by atoms with Crippen LogP contribution in [0.1, 0.15) is 23.1 Å². The zero-order valence-corrected chi connectivity index (χ0v) is 16.9. The molecule has 0 bridgehead atoms. The van der Waals surface area contributed by atoms with E-state index in [9.17, 15) is 4.79 Å². The molecule has 1 amide bonds. The molecule has 1 N–H and O–H groups in total. The molecule has 6 heteroatoms. The highest BCUT2D eigenvalue weighted by Gasteiger charge is 2.27.